The van der Waals surface area contributed by atoms with Crippen molar-refractivity contribution in [2.75, 3.05) is 0 Å². The molecule has 4 aromatic carbocycles. The summed E-state index contributed by atoms with van der Waals surface area (Å²) in [5.41, 5.74) is 1.03. The fourth-order valence-electron chi connectivity index (χ4n) is 13.9. The first-order valence-corrected chi connectivity index (χ1v) is 24.7. The topological polar surface area (TPSA) is 149 Å². The SMILES string of the molecule is O=C(c1ccccc1)C1([Si](C2(C(=O)c3ccccc3)CCCCC2O)(C2(C(=O)c3ccccc3)CCCCC2O)C2(C(=O)c3ccccc3)CCCCC2O)CCCCC1O. The van der Waals surface area contributed by atoms with Crippen molar-refractivity contribution in [1.29, 1.82) is 0 Å². The Hall–Kier alpha value is -4.38. The van der Waals surface area contributed by atoms with Crippen molar-refractivity contribution < 1.29 is 39.6 Å². The zero-order valence-corrected chi connectivity index (χ0v) is 36.1. The summed E-state index contributed by atoms with van der Waals surface area (Å²) < 4.78 is 0. The van der Waals surface area contributed by atoms with E-state index in [1.54, 1.807) is 121 Å². The number of rotatable bonds is 12. The molecule has 320 valence electrons. The minimum Gasteiger partial charge on any atom is -0.392 e. The number of aliphatic hydroxyl groups excluding tert-OH is 4. The van der Waals surface area contributed by atoms with Crippen LogP contribution in [-0.4, -0.2) is 76.0 Å². The van der Waals surface area contributed by atoms with Crippen molar-refractivity contribution in [3.63, 3.8) is 0 Å². The number of Topliss-reactive ketones (excluding diaryl/α,β-unsaturated/α-hetero) is 4. The van der Waals surface area contributed by atoms with E-state index in [-0.39, 0.29) is 73.6 Å². The molecule has 0 radical (unpaired) electrons. The molecule has 0 spiro atoms. The molecule has 4 N–H and O–H groups in total. The van der Waals surface area contributed by atoms with Crippen molar-refractivity contribution in [2.24, 2.45) is 0 Å². The van der Waals surface area contributed by atoms with Crippen LogP contribution in [0.15, 0.2) is 121 Å². The predicted octanol–water partition coefficient (Wildman–Crippen LogP) is 9.67. The van der Waals surface area contributed by atoms with E-state index in [4.69, 9.17) is 0 Å². The minimum atomic E-state index is -5.43. The number of hydrogen-bond donors (Lipinski definition) is 4. The summed E-state index contributed by atoms with van der Waals surface area (Å²) in [6.07, 6.45) is -1.49. The van der Waals surface area contributed by atoms with Crippen molar-refractivity contribution in [3.8, 4) is 0 Å². The molecule has 4 fully saturated rings. The average Bonchev–Trinajstić information content (AvgIpc) is 3.31. The predicted molar refractivity (Wildman–Crippen MR) is 238 cm³/mol. The maximum absolute atomic E-state index is 16.8. The first kappa shape index (κ1) is 43.3. The van der Waals surface area contributed by atoms with Crippen LogP contribution in [0.3, 0.4) is 0 Å². The lowest BCUT2D eigenvalue weighted by atomic mass is 9.76. The summed E-state index contributed by atoms with van der Waals surface area (Å²) in [6.45, 7) is 0. The molecule has 8 rings (SSSR count). The van der Waals surface area contributed by atoms with E-state index in [0.717, 1.165) is 0 Å². The molecule has 0 bridgehead atoms. The number of carbonyl (C=O) groups excluding carboxylic acids is 4. The highest BCUT2D eigenvalue weighted by atomic mass is 28.3. The molecule has 4 aromatic rings. The summed E-state index contributed by atoms with van der Waals surface area (Å²) in [7, 11) is -5.43. The maximum Gasteiger partial charge on any atom is 0.168 e. The molecule has 9 heteroatoms. The van der Waals surface area contributed by atoms with Crippen molar-refractivity contribution in [2.45, 2.75) is 147 Å². The molecular formula is C52H60O8Si. The lowest BCUT2D eigenvalue weighted by Crippen LogP contribution is -2.84. The maximum atomic E-state index is 16.8. The van der Waals surface area contributed by atoms with Gasteiger partial charge in [0.15, 0.2) is 23.1 Å². The fourth-order valence-corrected chi connectivity index (χ4v) is 25.4. The molecule has 8 nitrogen and oxygen atoms in total. The number of carbonyl (C=O) groups is 4. The number of aliphatic hydroxyl groups is 4. The summed E-state index contributed by atoms with van der Waals surface area (Å²) >= 11 is 0. The van der Waals surface area contributed by atoms with Gasteiger partial charge in [0.1, 0.15) is 8.07 Å². The van der Waals surface area contributed by atoms with Gasteiger partial charge >= 0.3 is 0 Å². The van der Waals surface area contributed by atoms with Crippen LogP contribution in [0.5, 0.6) is 0 Å². The Kier molecular flexibility index (Phi) is 12.4. The van der Waals surface area contributed by atoms with Gasteiger partial charge in [-0.2, -0.15) is 0 Å². The van der Waals surface area contributed by atoms with E-state index < -0.39 is 75.8 Å². The van der Waals surface area contributed by atoms with Gasteiger partial charge in [0.05, 0.1) is 44.6 Å². The van der Waals surface area contributed by atoms with E-state index in [1.807, 2.05) is 0 Å². The van der Waals surface area contributed by atoms with Crippen molar-refractivity contribution in [3.05, 3.63) is 144 Å². The number of benzene rings is 4. The fraction of sp³-hybridized carbons (Fsp3) is 0.462. The molecule has 4 saturated carbocycles. The zero-order chi connectivity index (χ0) is 42.9. The Morgan fingerprint density at radius 2 is 0.541 bits per heavy atom. The second kappa shape index (κ2) is 17.4. The van der Waals surface area contributed by atoms with Crippen molar-refractivity contribution in [1.82, 2.24) is 0 Å². The van der Waals surface area contributed by atoms with Crippen LogP contribution in [0.25, 0.3) is 0 Å². The lowest BCUT2D eigenvalue weighted by molar-refractivity contribution is 0.00532. The lowest BCUT2D eigenvalue weighted by Gasteiger charge is -2.75. The highest BCUT2D eigenvalue weighted by molar-refractivity contribution is 7.01. The smallest absolute Gasteiger partial charge is 0.168 e. The van der Waals surface area contributed by atoms with E-state index in [0.29, 0.717) is 51.4 Å². The summed E-state index contributed by atoms with van der Waals surface area (Å²) in [5.74, 6) is -1.94. The molecule has 0 saturated heterocycles. The molecule has 0 heterocycles. The molecule has 8 atom stereocenters. The molecule has 61 heavy (non-hydrogen) atoms. The monoisotopic (exact) mass is 840 g/mol. The van der Waals surface area contributed by atoms with E-state index >= 15 is 19.2 Å². The first-order chi connectivity index (χ1) is 29.6. The van der Waals surface area contributed by atoms with Crippen molar-refractivity contribution >= 4 is 31.2 Å². The largest absolute Gasteiger partial charge is 0.392 e. The Labute approximate surface area is 360 Å². The Bertz CT molecular complexity index is 1880. The molecule has 0 amide bonds. The molecular weight excluding hydrogens is 781 g/mol. The molecule has 0 aromatic heterocycles. The van der Waals surface area contributed by atoms with E-state index in [9.17, 15) is 20.4 Å². The Balaban J connectivity index is 1.72. The second-order valence-corrected chi connectivity index (χ2v) is 23.5. The zero-order valence-electron chi connectivity index (χ0n) is 35.1. The number of hydrogen-bond acceptors (Lipinski definition) is 8. The third-order valence-electron chi connectivity index (χ3n) is 15.9. The van der Waals surface area contributed by atoms with Crippen LogP contribution in [0.1, 0.15) is 144 Å². The van der Waals surface area contributed by atoms with Crippen LogP contribution < -0.4 is 0 Å². The third kappa shape index (κ3) is 6.28. The molecule has 4 aliphatic rings. The highest BCUT2D eigenvalue weighted by Crippen LogP contribution is 2.83. The van der Waals surface area contributed by atoms with Crippen LogP contribution in [0.2, 0.25) is 20.2 Å². The van der Waals surface area contributed by atoms with Crippen LogP contribution in [-0.2, 0) is 0 Å². The molecule has 8 unspecified atom stereocenters. The standard InChI is InChI=1S/C52H60O8Si/c53-41-29-13-17-33-49(41,45(57)37-21-5-1-6-22-37)61(50(34-18-14-30-42(50)54)46(58)38-23-7-2-8-24-38,51(35-19-15-31-43(51)55)47(59)39-25-9-3-10-26-39)52(36-20-16-32-44(52)56)48(60)40-27-11-4-12-28-40/h1-12,21-28,41-44,53-56H,13-20,29-36H2. The van der Waals surface area contributed by atoms with Crippen LogP contribution >= 0.6 is 0 Å². The van der Waals surface area contributed by atoms with Gasteiger partial charge in [0.2, 0.25) is 0 Å². The van der Waals surface area contributed by atoms with E-state index in [2.05, 4.69) is 0 Å². The highest BCUT2D eigenvalue weighted by Gasteiger charge is 2.90. The van der Waals surface area contributed by atoms with Gasteiger partial charge in [-0.05, 0) is 51.4 Å². The van der Waals surface area contributed by atoms with Gasteiger partial charge in [-0.1, -0.05) is 173 Å². The summed E-state index contributed by atoms with van der Waals surface area (Å²) in [6, 6.07) is 34.8. The Morgan fingerprint density at radius 3 is 0.721 bits per heavy atom. The second-order valence-electron chi connectivity index (χ2n) is 18.5. The van der Waals surface area contributed by atoms with Gasteiger partial charge < -0.3 is 20.4 Å². The molecule has 0 aliphatic heterocycles. The third-order valence-corrected chi connectivity index (χ3v) is 24.5. The Morgan fingerprint density at radius 1 is 0.344 bits per heavy atom. The van der Waals surface area contributed by atoms with Crippen LogP contribution in [0, 0.1) is 0 Å². The summed E-state index contributed by atoms with van der Waals surface area (Å²) in [4.78, 5) is 67.3. The average molecular weight is 841 g/mol. The summed E-state index contributed by atoms with van der Waals surface area (Å²) in [5, 5.41) is 46.1. The first-order valence-electron chi connectivity index (χ1n) is 22.7. The minimum absolute atomic E-state index is 0.0116. The number of ketones is 4. The quantitative estimate of drug-likeness (QED) is 0.0814. The van der Waals surface area contributed by atoms with Gasteiger partial charge in [-0.3, -0.25) is 19.2 Å². The van der Waals surface area contributed by atoms with Gasteiger partial charge in [-0.15, -0.1) is 0 Å². The van der Waals surface area contributed by atoms with Gasteiger partial charge in [-0.25, -0.2) is 0 Å². The molecule has 4 aliphatic carbocycles. The normalized spacial score (nSPS) is 32.9. The van der Waals surface area contributed by atoms with Gasteiger partial charge in [0, 0.05) is 22.3 Å². The van der Waals surface area contributed by atoms with Gasteiger partial charge in [0.25, 0.3) is 0 Å². The van der Waals surface area contributed by atoms with Crippen LogP contribution in [0.4, 0.5) is 0 Å². The van der Waals surface area contributed by atoms with E-state index in [1.165, 1.54) is 0 Å².